The summed E-state index contributed by atoms with van der Waals surface area (Å²) in [6.07, 6.45) is 5.66. The Labute approximate surface area is 79.3 Å². The molecule has 2 heterocycles. The van der Waals surface area contributed by atoms with Gasteiger partial charge in [0.1, 0.15) is 0 Å². The third-order valence-corrected chi connectivity index (χ3v) is 2.23. The number of hydrogen-bond donors (Lipinski definition) is 1. The van der Waals surface area contributed by atoms with Gasteiger partial charge in [-0.2, -0.15) is 14.0 Å². The van der Waals surface area contributed by atoms with Crippen molar-refractivity contribution in [2.24, 2.45) is 0 Å². The van der Waals surface area contributed by atoms with Crippen molar-refractivity contribution in [3.8, 4) is 0 Å². The van der Waals surface area contributed by atoms with Crippen molar-refractivity contribution in [3.63, 3.8) is 0 Å². The van der Waals surface area contributed by atoms with E-state index in [2.05, 4.69) is 4.90 Å². The van der Waals surface area contributed by atoms with Crippen molar-refractivity contribution in [3.05, 3.63) is 6.04 Å². The fraction of sp³-hybridized carbons (Fsp3) is 0.857. The van der Waals surface area contributed by atoms with Crippen molar-refractivity contribution in [2.75, 3.05) is 13.1 Å². The minimum atomic E-state index is -4.69. The number of rotatable bonds is 0. The van der Waals surface area contributed by atoms with Gasteiger partial charge in [-0.3, -0.25) is 4.90 Å². The SMILES string of the molecule is C1C[C]2CCCN2C1.[O-][Cl+3]([O-])([O-])O. The fourth-order valence-electron chi connectivity index (χ4n) is 1.82. The quantitative estimate of drug-likeness (QED) is 0.469. The molecular weight excluding hydrogens is 198 g/mol. The summed E-state index contributed by atoms with van der Waals surface area (Å²) in [6, 6.07) is 1.74. The third kappa shape index (κ3) is 4.75. The summed E-state index contributed by atoms with van der Waals surface area (Å²) in [4.78, 5) is 2.56. The standard InChI is InChI=1S/C7H12N.ClHO4/c1-3-7-4-2-6-8(7)5-1;2-1(3,4)5/h1-6H2;(H,2,3,4,5). The van der Waals surface area contributed by atoms with Crippen molar-refractivity contribution in [1.82, 2.24) is 4.90 Å². The van der Waals surface area contributed by atoms with Gasteiger partial charge in [0, 0.05) is 6.04 Å². The zero-order chi connectivity index (χ0) is 9.90. The van der Waals surface area contributed by atoms with Crippen LogP contribution in [0.3, 0.4) is 0 Å². The van der Waals surface area contributed by atoms with Crippen LogP contribution in [0.4, 0.5) is 0 Å². The van der Waals surface area contributed by atoms with Crippen molar-refractivity contribution in [1.29, 1.82) is 0 Å². The second kappa shape index (κ2) is 4.54. The molecule has 2 aliphatic heterocycles. The Balaban J connectivity index is 0.000000149. The van der Waals surface area contributed by atoms with E-state index in [0.29, 0.717) is 0 Å². The maximum absolute atomic E-state index is 8.60. The summed E-state index contributed by atoms with van der Waals surface area (Å²) >= 11 is 0. The van der Waals surface area contributed by atoms with E-state index in [1.54, 1.807) is 6.04 Å². The molecule has 0 saturated carbocycles. The lowest BCUT2D eigenvalue weighted by atomic mass is 10.2. The van der Waals surface area contributed by atoms with E-state index in [4.69, 9.17) is 18.6 Å². The van der Waals surface area contributed by atoms with Gasteiger partial charge in [-0.1, -0.05) is 0 Å². The molecule has 1 N–H and O–H groups in total. The van der Waals surface area contributed by atoms with Crippen molar-refractivity contribution >= 4 is 0 Å². The monoisotopic (exact) mass is 210 g/mol. The molecule has 6 heteroatoms. The van der Waals surface area contributed by atoms with Crippen LogP contribution in [0.5, 0.6) is 0 Å². The van der Waals surface area contributed by atoms with Gasteiger partial charge >= 0.3 is 0 Å². The highest BCUT2D eigenvalue weighted by Gasteiger charge is 2.28. The molecule has 2 aliphatic rings. The second-order valence-corrected chi connectivity index (χ2v) is 3.95. The Morgan fingerprint density at radius 3 is 1.77 bits per heavy atom. The topological polar surface area (TPSA) is 92.7 Å². The molecule has 0 amide bonds. The first kappa shape index (κ1) is 11.2. The zero-order valence-electron chi connectivity index (χ0n) is 7.24. The van der Waals surface area contributed by atoms with Crippen LogP contribution in [0.2, 0.25) is 0 Å². The molecule has 0 aromatic heterocycles. The fourth-order valence-corrected chi connectivity index (χ4v) is 1.82. The molecule has 13 heavy (non-hydrogen) atoms. The zero-order valence-corrected chi connectivity index (χ0v) is 8.00. The Kier molecular flexibility index (Phi) is 3.90. The first-order chi connectivity index (χ1) is 5.97. The van der Waals surface area contributed by atoms with Crippen molar-refractivity contribution < 1.29 is 28.9 Å². The number of hydrogen-bond acceptors (Lipinski definition) is 5. The van der Waals surface area contributed by atoms with Gasteiger partial charge in [-0.15, -0.1) is 0 Å². The minimum Gasteiger partial charge on any atom is -0.296 e. The molecule has 2 saturated heterocycles. The van der Waals surface area contributed by atoms with E-state index < -0.39 is 10.2 Å². The van der Waals surface area contributed by atoms with Crippen molar-refractivity contribution in [2.45, 2.75) is 25.7 Å². The third-order valence-electron chi connectivity index (χ3n) is 2.23. The molecule has 0 spiro atoms. The molecule has 1 radical (unpaired) electrons. The van der Waals surface area contributed by atoms with E-state index in [0.717, 1.165) is 0 Å². The maximum atomic E-state index is 8.60. The van der Waals surface area contributed by atoms with Gasteiger partial charge in [0.2, 0.25) is 0 Å². The first-order valence-electron chi connectivity index (χ1n) is 4.20. The van der Waals surface area contributed by atoms with Crippen LogP contribution in [-0.4, -0.2) is 22.6 Å². The highest BCUT2D eigenvalue weighted by atomic mass is 35.7. The molecule has 2 rings (SSSR count). The highest BCUT2D eigenvalue weighted by molar-refractivity contribution is 4.99. The van der Waals surface area contributed by atoms with E-state index in [1.165, 1.54) is 38.8 Å². The van der Waals surface area contributed by atoms with E-state index in [1.807, 2.05) is 0 Å². The van der Waals surface area contributed by atoms with Crippen LogP contribution >= 0.6 is 0 Å². The van der Waals surface area contributed by atoms with Gasteiger partial charge in [-0.25, -0.2) is 0 Å². The average Bonchev–Trinajstić information content (AvgIpc) is 2.36. The first-order valence-corrected chi connectivity index (χ1v) is 5.46. The smallest absolute Gasteiger partial charge is 0.0777 e. The van der Waals surface area contributed by atoms with Crippen LogP contribution in [0.15, 0.2) is 0 Å². The van der Waals surface area contributed by atoms with Crippen LogP contribution in [0, 0.1) is 16.3 Å². The molecule has 0 aliphatic carbocycles. The lowest BCUT2D eigenvalue weighted by Gasteiger charge is -2.10. The van der Waals surface area contributed by atoms with Crippen LogP contribution in [0.25, 0.3) is 0 Å². The highest BCUT2D eigenvalue weighted by Crippen LogP contribution is 2.33. The molecule has 2 fully saturated rings. The largest absolute Gasteiger partial charge is 0.296 e. The predicted octanol–water partition coefficient (Wildman–Crippen LogP) is -2.72. The Hall–Kier alpha value is 0.0900. The molecule has 0 aromatic rings. The van der Waals surface area contributed by atoms with E-state index in [-0.39, 0.29) is 0 Å². The van der Waals surface area contributed by atoms with Crippen LogP contribution in [0.1, 0.15) is 25.7 Å². The van der Waals surface area contributed by atoms with Crippen LogP contribution < -0.4 is 14.0 Å². The molecule has 0 aromatic carbocycles. The summed E-state index contributed by atoms with van der Waals surface area (Å²) in [5, 5.41) is 0. The van der Waals surface area contributed by atoms with Crippen LogP contribution in [-0.2, 0) is 0 Å². The van der Waals surface area contributed by atoms with E-state index >= 15 is 0 Å². The summed E-state index contributed by atoms with van der Waals surface area (Å²) < 4.78 is 32.7. The van der Waals surface area contributed by atoms with Gasteiger partial charge in [0.05, 0.1) is 14.9 Å². The molecular formula is C7H13ClNO4. The molecule has 77 valence electrons. The maximum Gasteiger partial charge on any atom is 0.0777 e. The number of fused-ring (bicyclic) bond motifs is 1. The molecule has 0 unspecified atom stereocenters. The Morgan fingerprint density at radius 1 is 1.08 bits per heavy atom. The molecule has 0 atom stereocenters. The summed E-state index contributed by atoms with van der Waals surface area (Å²) in [5.74, 6) is 0. The lowest BCUT2D eigenvalue weighted by molar-refractivity contribution is -1.92. The van der Waals surface area contributed by atoms with E-state index in [9.17, 15) is 0 Å². The summed E-state index contributed by atoms with van der Waals surface area (Å²) in [5.41, 5.74) is 0. The predicted molar refractivity (Wildman–Crippen MR) is 35.5 cm³/mol. The second-order valence-electron chi connectivity index (χ2n) is 3.16. The lowest BCUT2D eigenvalue weighted by Crippen LogP contribution is -2.58. The van der Waals surface area contributed by atoms with Gasteiger partial charge in [0.25, 0.3) is 0 Å². The van der Waals surface area contributed by atoms with Gasteiger partial charge < -0.3 is 0 Å². The normalized spacial score (nSPS) is 24.0. The number of nitrogens with zero attached hydrogens (tertiary/aromatic N) is 1. The molecule has 5 nitrogen and oxygen atoms in total. The average molecular weight is 211 g/mol. The minimum absolute atomic E-state index is 1.36. The number of halogens is 1. The van der Waals surface area contributed by atoms with Gasteiger partial charge in [-0.05, 0) is 38.8 Å². The Bertz CT molecular complexity index is 135. The van der Waals surface area contributed by atoms with Gasteiger partial charge in [0.15, 0.2) is 0 Å². The summed E-state index contributed by atoms with van der Waals surface area (Å²) in [6.45, 7) is 2.71. The Morgan fingerprint density at radius 2 is 1.46 bits per heavy atom. The summed E-state index contributed by atoms with van der Waals surface area (Å²) in [7, 11) is -4.69. The molecule has 0 bridgehead atoms.